The van der Waals surface area contributed by atoms with Crippen molar-refractivity contribution < 1.29 is 66.0 Å². The number of ether oxygens (including phenoxy) is 2. The normalized spacial score (nSPS) is 17.9. The Hall–Kier alpha value is -6.29. The average Bonchev–Trinajstić information content (AvgIpc) is 3.35. The van der Waals surface area contributed by atoms with E-state index in [0.717, 1.165) is 30.5 Å². The molecule has 68 heavy (non-hydrogen) atoms. The van der Waals surface area contributed by atoms with E-state index in [0.29, 0.717) is 28.5 Å². The van der Waals surface area contributed by atoms with Crippen molar-refractivity contribution in [3.8, 4) is 39.5 Å². The Balaban J connectivity index is 0.00000109. The molecule has 6 aromatic rings. The van der Waals surface area contributed by atoms with Crippen molar-refractivity contribution in [2.24, 2.45) is 0 Å². The summed E-state index contributed by atoms with van der Waals surface area (Å²) in [5.74, 6) is -1.28. The third-order valence-corrected chi connectivity index (χ3v) is 11.6. The van der Waals surface area contributed by atoms with Gasteiger partial charge < -0.3 is 54.1 Å². The van der Waals surface area contributed by atoms with Crippen LogP contribution in [0.5, 0.6) is 17.2 Å². The number of allylic oxidation sites excluding steroid dienone is 2. The van der Waals surface area contributed by atoms with E-state index in [2.05, 4.69) is 19.1 Å². The molecule has 5 atom stereocenters. The van der Waals surface area contributed by atoms with Crippen molar-refractivity contribution >= 4 is 27.9 Å². The highest BCUT2D eigenvalue weighted by Crippen LogP contribution is 2.31. The molecule has 0 unspecified atom stereocenters. The third-order valence-electron chi connectivity index (χ3n) is 11.6. The van der Waals surface area contributed by atoms with Gasteiger partial charge in [0, 0.05) is 19.6 Å². The minimum absolute atomic E-state index is 0. The molecule has 3 heterocycles. The molecular formula is C54H74O14. The van der Waals surface area contributed by atoms with E-state index in [-0.39, 0.29) is 34.8 Å². The van der Waals surface area contributed by atoms with Crippen LogP contribution in [0.15, 0.2) is 134 Å². The van der Waals surface area contributed by atoms with Gasteiger partial charge in [0.2, 0.25) is 11.7 Å². The Morgan fingerprint density at radius 1 is 0.632 bits per heavy atom. The first-order valence-corrected chi connectivity index (χ1v) is 23.4. The molecule has 14 nitrogen and oxygen atoms in total. The van der Waals surface area contributed by atoms with Crippen molar-refractivity contribution in [3.63, 3.8) is 0 Å². The number of fused-ring (bicyclic) bond motifs is 2. The Morgan fingerprint density at radius 3 is 1.81 bits per heavy atom. The predicted octanol–water partition coefficient (Wildman–Crippen LogP) is 10.8. The molecular weight excluding hydrogens is 873 g/mol. The number of para-hydroxylation sites is 1. The number of unbranched alkanes of at least 4 members (excludes halogenated alkanes) is 11. The van der Waals surface area contributed by atoms with E-state index in [1.807, 2.05) is 42.5 Å². The quantitative estimate of drug-likeness (QED) is 0.0214. The molecule has 0 aliphatic carbocycles. The van der Waals surface area contributed by atoms with Crippen molar-refractivity contribution in [1.29, 1.82) is 0 Å². The van der Waals surface area contributed by atoms with Crippen LogP contribution in [-0.2, 0) is 9.53 Å². The van der Waals surface area contributed by atoms with Crippen LogP contribution in [0.3, 0.4) is 0 Å². The lowest BCUT2D eigenvalue weighted by molar-refractivity contribution is -0.277. The first kappa shape index (κ1) is 52.7. The van der Waals surface area contributed by atoms with Crippen molar-refractivity contribution in [1.82, 2.24) is 0 Å². The number of rotatable bonds is 20. The maximum absolute atomic E-state index is 12.8. The van der Waals surface area contributed by atoms with Crippen LogP contribution in [0, 0.1) is 0 Å². The van der Waals surface area contributed by atoms with Crippen LogP contribution >= 0.6 is 0 Å². The number of phenolic OH excluding ortho intramolecular Hbond substituents is 2. The summed E-state index contributed by atoms with van der Waals surface area (Å²) in [7, 11) is 0. The molecule has 0 amide bonds. The summed E-state index contributed by atoms with van der Waals surface area (Å²) in [6, 6.07) is 25.2. The van der Waals surface area contributed by atoms with Crippen molar-refractivity contribution in [3.05, 3.63) is 136 Å². The van der Waals surface area contributed by atoms with E-state index >= 15 is 0 Å². The maximum Gasteiger partial charge on any atom is 0.303 e. The number of aliphatic hydroxyl groups excluding tert-OH is 4. The summed E-state index contributed by atoms with van der Waals surface area (Å²) in [6.07, 6.45) is 17.0. The fraction of sp³-hybridized carbons (Fsp3) is 0.389. The first-order chi connectivity index (χ1) is 32.9. The standard InChI is InChI=1S/C21H20O10.C18H34O2.C15H10O2.5H2/c22-7-16-18(26)19(27)20(28)21(31-16)30-10-3-1-9(2-4-10)12-8-29-15-6-14(24)13(23)5-11(15)17(12)25;1-2-3-4-5-6-7-8-9-10-11-12-13-14-15-16-17-18(19)20;16-15-12-8-4-5-9-14(12)17-10-13(15)11-6-2-1-3-7-11;;;;;/h1-6,8,16,18-24,26-28H,7H2;9-10H,2-8,11-17H2,1H3,(H,19,20);1-10H;5*1H/b;10-9-;;;;;;/t16-,18-,19+,20-,21+;;;;;;;/m1......./s1. The van der Waals surface area contributed by atoms with Crippen LogP contribution < -0.4 is 15.6 Å². The summed E-state index contributed by atoms with van der Waals surface area (Å²) in [5.41, 5.74) is 2.50. The van der Waals surface area contributed by atoms with E-state index < -0.39 is 60.2 Å². The van der Waals surface area contributed by atoms with Gasteiger partial charge in [0.05, 0.1) is 28.5 Å². The lowest BCUT2D eigenvalue weighted by Crippen LogP contribution is -2.60. The van der Waals surface area contributed by atoms with E-state index in [1.165, 1.54) is 95.3 Å². The molecule has 0 radical (unpaired) electrons. The van der Waals surface area contributed by atoms with Gasteiger partial charge in [-0.2, -0.15) is 0 Å². The van der Waals surface area contributed by atoms with Gasteiger partial charge in [0.25, 0.3) is 0 Å². The van der Waals surface area contributed by atoms with Crippen LogP contribution in [0.1, 0.15) is 104 Å². The zero-order valence-electron chi connectivity index (χ0n) is 38.5. The highest BCUT2D eigenvalue weighted by atomic mass is 16.7. The molecule has 7 rings (SSSR count). The van der Waals surface area contributed by atoms with Crippen LogP contribution in [0.2, 0.25) is 0 Å². The number of aliphatic hydroxyl groups is 4. The minimum Gasteiger partial charge on any atom is -0.504 e. The topological polar surface area (TPSA) is 238 Å². The molecule has 0 saturated carbocycles. The smallest absolute Gasteiger partial charge is 0.303 e. The summed E-state index contributed by atoms with van der Waals surface area (Å²) in [5, 5.41) is 67.4. The summed E-state index contributed by atoms with van der Waals surface area (Å²) in [4.78, 5) is 35.4. The fourth-order valence-corrected chi connectivity index (χ4v) is 7.61. The predicted molar refractivity (Wildman–Crippen MR) is 271 cm³/mol. The molecule has 0 spiro atoms. The number of carboxylic acid groups (broad SMARTS) is 1. The Bertz CT molecular complexity index is 2630. The minimum atomic E-state index is -1.56. The van der Waals surface area contributed by atoms with Gasteiger partial charge in [-0.15, -0.1) is 0 Å². The number of carboxylic acids is 1. The number of benzene rings is 4. The molecule has 1 aliphatic heterocycles. The summed E-state index contributed by atoms with van der Waals surface area (Å²) in [6.45, 7) is 1.68. The second kappa shape index (κ2) is 27.5. The first-order valence-electron chi connectivity index (χ1n) is 23.4. The van der Waals surface area contributed by atoms with Crippen LogP contribution in [-0.4, -0.2) is 79.0 Å². The molecule has 0 bridgehead atoms. The lowest BCUT2D eigenvalue weighted by atomic mass is 9.99. The molecule has 1 fully saturated rings. The SMILES string of the molecule is CCCCCCCC/C=C\CCCCCCCC(=O)O.O=c1c(-c2ccc(O[C@H]3O[C@H](CO)[C@@H](O)[C@H](O)[C@H]3O)cc2)coc2cc(O)c(O)cc12.O=c1c(-c2ccccc2)coc2ccccc12.[HH].[HH].[HH].[HH].[HH]. The summed E-state index contributed by atoms with van der Waals surface area (Å²) >= 11 is 0. The van der Waals surface area contributed by atoms with Gasteiger partial charge >= 0.3 is 5.97 Å². The average molecular weight is 947 g/mol. The number of aromatic hydroxyl groups is 2. The molecule has 14 heteroatoms. The largest absolute Gasteiger partial charge is 0.504 e. The monoisotopic (exact) mass is 947 g/mol. The summed E-state index contributed by atoms with van der Waals surface area (Å²) < 4.78 is 21.7. The highest BCUT2D eigenvalue weighted by Gasteiger charge is 2.44. The zero-order valence-corrected chi connectivity index (χ0v) is 38.5. The third kappa shape index (κ3) is 15.4. The fourth-order valence-electron chi connectivity index (χ4n) is 7.61. The van der Waals surface area contributed by atoms with E-state index in [1.54, 1.807) is 24.3 Å². The van der Waals surface area contributed by atoms with Gasteiger partial charge in [-0.25, -0.2) is 0 Å². The number of carbonyl (C=O) groups is 1. The maximum atomic E-state index is 12.8. The lowest BCUT2D eigenvalue weighted by Gasteiger charge is -2.39. The van der Waals surface area contributed by atoms with E-state index in [9.17, 15) is 45.0 Å². The van der Waals surface area contributed by atoms with E-state index in [4.69, 9.17) is 23.4 Å². The van der Waals surface area contributed by atoms with Gasteiger partial charge in [-0.1, -0.05) is 125 Å². The van der Waals surface area contributed by atoms with Crippen molar-refractivity contribution in [2.75, 3.05) is 6.61 Å². The molecule has 2 aromatic heterocycles. The Kier molecular flexibility index (Phi) is 21.3. The number of phenols is 2. The second-order valence-corrected chi connectivity index (χ2v) is 16.7. The number of aliphatic carboxylic acids is 1. The van der Waals surface area contributed by atoms with Crippen LogP contribution in [0.25, 0.3) is 44.2 Å². The molecule has 374 valence electrons. The van der Waals surface area contributed by atoms with Gasteiger partial charge in [0.15, 0.2) is 16.9 Å². The highest BCUT2D eigenvalue weighted by molar-refractivity contribution is 5.84. The van der Waals surface area contributed by atoms with Crippen molar-refractivity contribution in [2.45, 2.75) is 128 Å². The number of hydrogen-bond donors (Lipinski definition) is 7. The van der Waals surface area contributed by atoms with Gasteiger partial charge in [-0.05, 0) is 73.6 Å². The molecule has 7 N–H and O–H groups in total. The molecule has 4 aromatic carbocycles. The second-order valence-electron chi connectivity index (χ2n) is 16.7. The molecule has 1 aliphatic rings. The Labute approximate surface area is 402 Å². The zero-order chi connectivity index (χ0) is 48.8. The van der Waals surface area contributed by atoms with Gasteiger partial charge in [-0.3, -0.25) is 14.4 Å². The van der Waals surface area contributed by atoms with Gasteiger partial charge in [0.1, 0.15) is 53.9 Å². The van der Waals surface area contributed by atoms with Crippen LogP contribution in [0.4, 0.5) is 0 Å². The Morgan fingerprint density at radius 2 is 1.18 bits per heavy atom. The number of hydrogen-bond acceptors (Lipinski definition) is 13. The molecule has 1 saturated heterocycles.